The Bertz CT molecular complexity index is 1490. The van der Waals surface area contributed by atoms with Gasteiger partial charge in [0.2, 0.25) is 0 Å². The number of amides is 2. The molecule has 40 heavy (non-hydrogen) atoms. The fourth-order valence-corrected chi connectivity index (χ4v) is 5.71. The van der Waals surface area contributed by atoms with Crippen LogP contribution < -0.4 is 4.74 Å². The van der Waals surface area contributed by atoms with Crippen LogP contribution in [0, 0.1) is 0 Å². The summed E-state index contributed by atoms with van der Waals surface area (Å²) in [6.07, 6.45) is 8.51. The molecule has 0 N–H and O–H groups in total. The van der Waals surface area contributed by atoms with Crippen LogP contribution in [0.25, 0.3) is 10.9 Å². The van der Waals surface area contributed by atoms with Gasteiger partial charge in [-0.25, -0.2) is 4.98 Å². The maximum absolute atomic E-state index is 13.8. The summed E-state index contributed by atoms with van der Waals surface area (Å²) in [6.45, 7) is 3.06. The van der Waals surface area contributed by atoms with Gasteiger partial charge in [0, 0.05) is 49.0 Å². The predicted molar refractivity (Wildman–Crippen MR) is 154 cm³/mol. The largest absolute Gasteiger partial charge is 0.489 e. The van der Waals surface area contributed by atoms with Gasteiger partial charge in [0.25, 0.3) is 11.8 Å². The van der Waals surface area contributed by atoms with Gasteiger partial charge >= 0.3 is 0 Å². The second-order valence-corrected chi connectivity index (χ2v) is 10.9. The molecular formula is C31H32ClN5O3. The zero-order valence-electron chi connectivity index (χ0n) is 22.3. The fourth-order valence-electron chi connectivity index (χ4n) is 5.59. The Morgan fingerprint density at radius 3 is 2.38 bits per heavy atom. The number of hydrogen-bond acceptors (Lipinski definition) is 5. The summed E-state index contributed by atoms with van der Waals surface area (Å²) < 4.78 is 8.03. The minimum Gasteiger partial charge on any atom is -0.489 e. The van der Waals surface area contributed by atoms with Gasteiger partial charge in [-0.3, -0.25) is 14.3 Å². The summed E-state index contributed by atoms with van der Waals surface area (Å²) in [5, 5.41) is 5.73. The highest BCUT2D eigenvalue weighted by Crippen LogP contribution is 2.28. The van der Waals surface area contributed by atoms with E-state index in [1.165, 1.54) is 0 Å². The number of benzene rings is 2. The lowest BCUT2D eigenvalue weighted by Gasteiger charge is -2.32. The molecular weight excluding hydrogens is 526 g/mol. The van der Waals surface area contributed by atoms with Crippen LogP contribution in [0.5, 0.6) is 5.75 Å². The molecule has 0 unspecified atom stereocenters. The van der Waals surface area contributed by atoms with Gasteiger partial charge in [-0.05, 0) is 80.1 Å². The number of ether oxygens (including phenoxy) is 1. The average Bonchev–Trinajstić information content (AvgIpc) is 3.55. The van der Waals surface area contributed by atoms with Gasteiger partial charge in [-0.1, -0.05) is 23.7 Å². The molecule has 2 amide bonds. The molecule has 2 saturated heterocycles. The Kier molecular flexibility index (Phi) is 7.68. The number of nitrogens with zero attached hydrogens (tertiary/aromatic N) is 5. The summed E-state index contributed by atoms with van der Waals surface area (Å²) in [4.78, 5) is 35.9. The first kappa shape index (κ1) is 26.3. The van der Waals surface area contributed by atoms with E-state index in [2.05, 4.69) is 5.10 Å². The van der Waals surface area contributed by atoms with Crippen molar-refractivity contribution in [1.82, 2.24) is 24.6 Å². The van der Waals surface area contributed by atoms with Gasteiger partial charge in [-0.15, -0.1) is 0 Å². The molecule has 6 rings (SSSR count). The van der Waals surface area contributed by atoms with E-state index in [0.29, 0.717) is 52.6 Å². The number of fused-ring (bicyclic) bond motifs is 1. The lowest BCUT2D eigenvalue weighted by molar-refractivity contribution is 0.0684. The third kappa shape index (κ3) is 5.68. The highest BCUT2D eigenvalue weighted by Gasteiger charge is 2.28. The molecule has 2 aromatic carbocycles. The molecule has 2 aliphatic rings. The summed E-state index contributed by atoms with van der Waals surface area (Å²) in [5.74, 6) is 0.432. The minimum absolute atomic E-state index is 0.0617. The van der Waals surface area contributed by atoms with Crippen LogP contribution >= 0.6 is 11.6 Å². The number of carbonyl (C=O) groups excluding carboxylic acids is 2. The van der Waals surface area contributed by atoms with E-state index >= 15 is 0 Å². The van der Waals surface area contributed by atoms with Crippen LogP contribution in [-0.4, -0.2) is 62.6 Å². The molecule has 0 atom stereocenters. The topological polar surface area (TPSA) is 80.6 Å². The number of hydrogen-bond donors (Lipinski definition) is 0. The molecule has 206 valence electrons. The van der Waals surface area contributed by atoms with Crippen molar-refractivity contribution >= 4 is 34.3 Å². The lowest BCUT2D eigenvalue weighted by atomic mass is 10.0. The molecule has 2 aromatic heterocycles. The van der Waals surface area contributed by atoms with Gasteiger partial charge in [0.15, 0.2) is 0 Å². The van der Waals surface area contributed by atoms with Gasteiger partial charge in [0.1, 0.15) is 18.1 Å². The van der Waals surface area contributed by atoms with Crippen molar-refractivity contribution in [1.29, 1.82) is 0 Å². The van der Waals surface area contributed by atoms with Crippen molar-refractivity contribution in [2.75, 3.05) is 26.2 Å². The number of likely N-dealkylation sites (tertiary alicyclic amines) is 2. The maximum Gasteiger partial charge on any atom is 0.272 e. The van der Waals surface area contributed by atoms with E-state index in [-0.39, 0.29) is 17.9 Å². The first-order valence-electron chi connectivity index (χ1n) is 13.9. The molecule has 8 nitrogen and oxygen atoms in total. The number of carbonyl (C=O) groups is 2. The fraction of sp³-hybridized carbons (Fsp3) is 0.355. The Balaban J connectivity index is 1.27. The summed E-state index contributed by atoms with van der Waals surface area (Å²) in [5.41, 5.74) is 2.40. The molecule has 0 spiro atoms. The highest BCUT2D eigenvalue weighted by molar-refractivity contribution is 6.30. The Morgan fingerprint density at radius 1 is 0.900 bits per heavy atom. The molecule has 9 heteroatoms. The molecule has 0 aliphatic carbocycles. The predicted octanol–water partition coefficient (Wildman–Crippen LogP) is 5.77. The molecule has 2 aliphatic heterocycles. The molecule has 2 fully saturated rings. The molecule has 4 aromatic rings. The van der Waals surface area contributed by atoms with E-state index < -0.39 is 0 Å². The van der Waals surface area contributed by atoms with Crippen molar-refractivity contribution in [3.8, 4) is 5.75 Å². The van der Waals surface area contributed by atoms with Gasteiger partial charge in [0.05, 0.1) is 17.1 Å². The van der Waals surface area contributed by atoms with Crippen molar-refractivity contribution in [2.45, 2.75) is 44.8 Å². The Morgan fingerprint density at radius 2 is 1.65 bits per heavy atom. The van der Waals surface area contributed by atoms with Crippen molar-refractivity contribution < 1.29 is 14.3 Å². The molecule has 4 heterocycles. The maximum atomic E-state index is 13.8. The normalized spacial score (nSPS) is 16.3. The van der Waals surface area contributed by atoms with Crippen molar-refractivity contribution in [2.24, 2.45) is 0 Å². The standard InChI is InChI=1S/C31H32ClN5O3/c32-23-7-5-22(6-8-23)21-40-25-9-10-28-26(19-25)27(30(38)35-14-2-1-3-15-35)20-29(34-28)31(39)36-17-11-24(12-18-36)37-16-4-13-33-37/h4-10,13,16,19-20,24H,1-3,11-12,14-15,17-18,21H2. The minimum atomic E-state index is -0.142. The zero-order chi connectivity index (χ0) is 27.5. The first-order valence-corrected chi connectivity index (χ1v) is 14.3. The molecule has 0 radical (unpaired) electrons. The van der Waals surface area contributed by atoms with E-state index in [4.69, 9.17) is 21.3 Å². The second-order valence-electron chi connectivity index (χ2n) is 10.5. The van der Waals surface area contributed by atoms with Gasteiger partial charge in [-0.2, -0.15) is 5.10 Å². The Hall–Kier alpha value is -3.91. The smallest absolute Gasteiger partial charge is 0.272 e. The van der Waals surface area contributed by atoms with Crippen LogP contribution in [0.3, 0.4) is 0 Å². The van der Waals surface area contributed by atoms with Crippen molar-refractivity contribution in [3.63, 3.8) is 0 Å². The van der Waals surface area contributed by atoms with E-state index in [9.17, 15) is 9.59 Å². The van der Waals surface area contributed by atoms with Crippen LogP contribution in [0.15, 0.2) is 67.0 Å². The molecule has 0 bridgehead atoms. The van der Waals surface area contributed by atoms with E-state index in [1.807, 2.05) is 69.2 Å². The number of piperidine rings is 2. The zero-order valence-corrected chi connectivity index (χ0v) is 23.1. The monoisotopic (exact) mass is 557 g/mol. The third-order valence-electron chi connectivity index (χ3n) is 7.84. The lowest BCUT2D eigenvalue weighted by Crippen LogP contribution is -2.40. The highest BCUT2D eigenvalue weighted by atomic mass is 35.5. The average molecular weight is 558 g/mol. The summed E-state index contributed by atoms with van der Waals surface area (Å²) in [6, 6.07) is 16.9. The second kappa shape index (κ2) is 11.7. The summed E-state index contributed by atoms with van der Waals surface area (Å²) >= 11 is 6.00. The van der Waals surface area contributed by atoms with Crippen LogP contribution in [0.1, 0.15) is 64.6 Å². The van der Waals surface area contributed by atoms with Crippen molar-refractivity contribution in [3.05, 3.63) is 88.8 Å². The van der Waals surface area contributed by atoms with Crippen LogP contribution in [0.4, 0.5) is 0 Å². The number of aromatic nitrogens is 3. The first-order chi connectivity index (χ1) is 19.5. The van der Waals surface area contributed by atoms with E-state index in [1.54, 1.807) is 12.3 Å². The Labute approximate surface area is 238 Å². The number of halogens is 1. The number of rotatable bonds is 6. The van der Waals surface area contributed by atoms with Crippen LogP contribution in [-0.2, 0) is 6.61 Å². The quantitative estimate of drug-likeness (QED) is 0.301. The molecule has 0 saturated carbocycles. The van der Waals surface area contributed by atoms with Gasteiger partial charge < -0.3 is 14.5 Å². The SMILES string of the molecule is O=C(c1cc(C(=O)N2CCCCC2)c2cc(OCc3ccc(Cl)cc3)ccc2n1)N1CCC(n2cccn2)CC1. The number of pyridine rings is 1. The van der Waals surface area contributed by atoms with Crippen LogP contribution in [0.2, 0.25) is 5.02 Å². The van der Waals surface area contributed by atoms with E-state index in [0.717, 1.165) is 50.8 Å². The third-order valence-corrected chi connectivity index (χ3v) is 8.09. The summed E-state index contributed by atoms with van der Waals surface area (Å²) in [7, 11) is 0.